The summed E-state index contributed by atoms with van der Waals surface area (Å²) < 4.78 is 0. The molecule has 0 fully saturated rings. The minimum atomic E-state index is 0. The molecule has 0 saturated carbocycles. The molecule has 0 unspecified atom stereocenters. The Morgan fingerprint density at radius 3 is 2.25 bits per heavy atom. The van der Waals surface area contributed by atoms with Gasteiger partial charge in [-0.15, -0.1) is 0 Å². The second-order valence-corrected chi connectivity index (χ2v) is 1.37. The van der Waals surface area contributed by atoms with E-state index >= 15 is 0 Å². The van der Waals surface area contributed by atoms with Crippen molar-refractivity contribution in [3.63, 3.8) is 0 Å². The van der Waals surface area contributed by atoms with E-state index < -0.39 is 0 Å². The Kier molecular flexibility index (Phi) is 9.67. The van der Waals surface area contributed by atoms with E-state index in [0.717, 1.165) is 6.42 Å². The average Bonchev–Trinajstić information content (AvgIpc) is 1.68. The molecule has 8 heavy (non-hydrogen) atoms. The Hall–Kier alpha value is 0.0674. The molecule has 2 nitrogen and oxygen atoms in total. The van der Waals surface area contributed by atoms with Gasteiger partial charge >= 0.3 is 18.9 Å². The van der Waals surface area contributed by atoms with Gasteiger partial charge in [0.25, 0.3) is 0 Å². The predicted octanol–water partition coefficient (Wildman–Crippen LogP) is -0.101. The maximum absolute atomic E-state index is 10.2. The van der Waals surface area contributed by atoms with E-state index in [1.54, 1.807) is 0 Å². The Morgan fingerprint density at radius 2 is 2.12 bits per heavy atom. The van der Waals surface area contributed by atoms with E-state index in [2.05, 4.69) is 5.32 Å². The molecule has 0 heterocycles. The number of hydrogen-bond donors (Lipinski definition) is 0. The first-order valence-corrected chi connectivity index (χ1v) is 2.44. The molecule has 3 heteroatoms. The van der Waals surface area contributed by atoms with Crippen molar-refractivity contribution >= 4 is 24.8 Å². The number of carbonyl (C=O) groups is 1. The Morgan fingerprint density at radius 1 is 1.62 bits per heavy atom. The molecule has 0 rings (SSSR count). The van der Waals surface area contributed by atoms with Crippen molar-refractivity contribution in [3.8, 4) is 0 Å². The molecule has 0 aromatic heterocycles. The fourth-order valence-corrected chi connectivity index (χ4v) is 0.326. The second-order valence-electron chi connectivity index (χ2n) is 1.37. The van der Waals surface area contributed by atoms with Crippen LogP contribution in [0.5, 0.6) is 0 Å². The summed E-state index contributed by atoms with van der Waals surface area (Å²) in [6.07, 6.45) is 1.49. The number of hydrogen-bond acceptors (Lipinski definition) is 1. The van der Waals surface area contributed by atoms with Gasteiger partial charge in [0, 0.05) is 13.5 Å². The third-order valence-electron chi connectivity index (χ3n) is 0.713. The summed E-state index contributed by atoms with van der Waals surface area (Å²) in [6, 6.07) is 0. The number of carbonyl (C=O) groups excluding carboxylic acids is 1. The number of rotatable bonds is 2. The zero-order chi connectivity index (χ0) is 5.70. The number of amides is 1. The molecule has 0 aromatic carbocycles. The van der Waals surface area contributed by atoms with Crippen LogP contribution in [-0.2, 0) is 4.79 Å². The quantitative estimate of drug-likeness (QED) is 0.454. The minimum absolute atomic E-state index is 0. The fraction of sp³-hybridized carbons (Fsp3) is 0.800. The van der Waals surface area contributed by atoms with Crippen molar-refractivity contribution in [2.24, 2.45) is 0 Å². The summed E-state index contributed by atoms with van der Waals surface area (Å²) >= 11 is 0. The molecular formula is C5H11LiNO. The molecule has 0 bridgehead atoms. The van der Waals surface area contributed by atoms with Crippen LogP contribution in [0, 0.1) is 0 Å². The van der Waals surface area contributed by atoms with Gasteiger partial charge in [-0.05, 0) is 6.42 Å². The van der Waals surface area contributed by atoms with Crippen LogP contribution in [0.25, 0.3) is 0 Å². The molecule has 1 amide bonds. The fourth-order valence-electron chi connectivity index (χ4n) is 0.326. The van der Waals surface area contributed by atoms with Gasteiger partial charge in [0.2, 0.25) is 5.91 Å². The van der Waals surface area contributed by atoms with Crippen LogP contribution >= 0.6 is 0 Å². The van der Waals surface area contributed by atoms with E-state index in [1.165, 1.54) is 7.05 Å². The van der Waals surface area contributed by atoms with E-state index in [1.807, 2.05) is 6.92 Å². The van der Waals surface area contributed by atoms with Crippen molar-refractivity contribution in [1.82, 2.24) is 5.32 Å². The van der Waals surface area contributed by atoms with Crippen LogP contribution in [0.4, 0.5) is 0 Å². The standard InChI is InChI=1S/C5H10NO.Li.H/c1-3-4-5(7)6-2;;/h3-4H2,1-2H3;;. The number of nitrogens with zero attached hydrogens (tertiary/aromatic N) is 1. The monoisotopic (exact) mass is 108 g/mol. The Labute approximate surface area is 62.2 Å². The van der Waals surface area contributed by atoms with Gasteiger partial charge < -0.3 is 0 Å². The molecule has 0 aliphatic heterocycles. The molecular weight excluding hydrogens is 97.0 g/mol. The summed E-state index contributed by atoms with van der Waals surface area (Å²) in [6.45, 7) is 1.96. The van der Waals surface area contributed by atoms with Gasteiger partial charge in [0.05, 0.1) is 0 Å². The summed E-state index contributed by atoms with van der Waals surface area (Å²) in [5.74, 6) is 0.00231. The van der Waals surface area contributed by atoms with Crippen LogP contribution < -0.4 is 5.32 Å². The third-order valence-corrected chi connectivity index (χ3v) is 0.713. The summed E-state index contributed by atoms with van der Waals surface area (Å²) in [5, 5.41) is 3.44. The molecule has 0 aliphatic rings. The summed E-state index contributed by atoms with van der Waals surface area (Å²) in [4.78, 5) is 10.2. The van der Waals surface area contributed by atoms with Crippen LogP contribution in [-0.4, -0.2) is 31.8 Å². The summed E-state index contributed by atoms with van der Waals surface area (Å²) in [5.41, 5.74) is 0. The van der Waals surface area contributed by atoms with E-state index in [9.17, 15) is 4.79 Å². The summed E-state index contributed by atoms with van der Waals surface area (Å²) in [7, 11) is 1.53. The first-order chi connectivity index (χ1) is 3.31. The normalized spacial score (nSPS) is 7.25. The molecule has 0 spiro atoms. The van der Waals surface area contributed by atoms with Gasteiger partial charge in [-0.1, -0.05) is 6.92 Å². The molecule has 0 aliphatic carbocycles. The molecule has 43 valence electrons. The maximum atomic E-state index is 10.2. The van der Waals surface area contributed by atoms with Crippen LogP contribution in [0.1, 0.15) is 19.8 Å². The predicted molar refractivity (Wildman–Crippen MR) is 35.1 cm³/mol. The topological polar surface area (TPSA) is 31.2 Å². The molecule has 0 N–H and O–H groups in total. The van der Waals surface area contributed by atoms with Crippen LogP contribution in [0.15, 0.2) is 0 Å². The Balaban J connectivity index is 0. The second kappa shape index (κ2) is 7.07. The first-order valence-electron chi connectivity index (χ1n) is 2.44. The zero-order valence-corrected chi connectivity index (χ0v) is 4.77. The zero-order valence-electron chi connectivity index (χ0n) is 4.77. The van der Waals surface area contributed by atoms with E-state index in [-0.39, 0.29) is 24.8 Å². The van der Waals surface area contributed by atoms with Gasteiger partial charge in [-0.25, -0.2) is 0 Å². The van der Waals surface area contributed by atoms with Crippen molar-refractivity contribution in [2.75, 3.05) is 7.05 Å². The van der Waals surface area contributed by atoms with Gasteiger partial charge in [-0.2, -0.15) is 0 Å². The van der Waals surface area contributed by atoms with Crippen LogP contribution in [0.3, 0.4) is 0 Å². The third kappa shape index (κ3) is 6.07. The van der Waals surface area contributed by atoms with Gasteiger partial charge in [0.1, 0.15) is 0 Å². The average molecular weight is 108 g/mol. The molecule has 0 atom stereocenters. The first kappa shape index (κ1) is 10.9. The van der Waals surface area contributed by atoms with Crippen molar-refractivity contribution < 1.29 is 4.79 Å². The van der Waals surface area contributed by atoms with Crippen molar-refractivity contribution in [1.29, 1.82) is 0 Å². The van der Waals surface area contributed by atoms with E-state index in [4.69, 9.17) is 0 Å². The van der Waals surface area contributed by atoms with Gasteiger partial charge in [0.15, 0.2) is 0 Å². The van der Waals surface area contributed by atoms with Crippen molar-refractivity contribution in [2.45, 2.75) is 19.8 Å². The Bertz CT molecular complexity index is 65.4. The van der Waals surface area contributed by atoms with Crippen LogP contribution in [0.2, 0.25) is 0 Å². The molecule has 0 aromatic rings. The molecule has 0 saturated heterocycles. The van der Waals surface area contributed by atoms with Gasteiger partial charge in [-0.3, -0.25) is 10.1 Å². The van der Waals surface area contributed by atoms with E-state index in [0.29, 0.717) is 6.42 Å². The van der Waals surface area contributed by atoms with Crippen molar-refractivity contribution in [3.05, 3.63) is 0 Å². The SMILES string of the molecule is CCCC(=O)[N]C.[LiH]. The molecule has 1 radical (unpaired) electrons.